The summed E-state index contributed by atoms with van der Waals surface area (Å²) < 4.78 is 5.32. The zero-order valence-corrected chi connectivity index (χ0v) is 12.3. The Morgan fingerprint density at radius 3 is 2.77 bits per heavy atom. The Morgan fingerprint density at radius 2 is 2.09 bits per heavy atom. The van der Waals surface area contributed by atoms with E-state index in [1.54, 1.807) is 6.07 Å². The van der Waals surface area contributed by atoms with E-state index in [0.29, 0.717) is 18.9 Å². The highest BCUT2D eigenvalue weighted by molar-refractivity contribution is 5.91. The summed E-state index contributed by atoms with van der Waals surface area (Å²) in [7, 11) is 0. The lowest BCUT2D eigenvalue weighted by molar-refractivity contribution is -0.138. The maximum Gasteiger partial charge on any atom is 0.320 e. The molecule has 1 aliphatic rings. The molecule has 0 radical (unpaired) electrons. The summed E-state index contributed by atoms with van der Waals surface area (Å²) in [4.78, 5) is 24.6. The van der Waals surface area contributed by atoms with Crippen LogP contribution in [0.25, 0.3) is 0 Å². The third-order valence-corrected chi connectivity index (χ3v) is 3.51. The van der Waals surface area contributed by atoms with Crippen molar-refractivity contribution in [3.05, 3.63) is 24.3 Å². The number of ether oxygens (including phenoxy) is 1. The number of nitrogens with one attached hydrogen (secondary N) is 1. The molecule has 1 aromatic rings. The maximum absolute atomic E-state index is 11.8. The zero-order valence-electron chi connectivity index (χ0n) is 12.3. The van der Waals surface area contributed by atoms with Gasteiger partial charge in [0.1, 0.15) is 6.04 Å². The van der Waals surface area contributed by atoms with Gasteiger partial charge in [-0.25, -0.2) is 0 Å². The molecule has 0 unspecified atom stereocenters. The van der Waals surface area contributed by atoms with Crippen LogP contribution in [0.15, 0.2) is 24.3 Å². The lowest BCUT2D eigenvalue weighted by atomic mass is 10.1. The smallest absolute Gasteiger partial charge is 0.320 e. The number of rotatable bonds is 6. The van der Waals surface area contributed by atoms with E-state index in [2.05, 4.69) is 10.2 Å². The molecule has 120 valence electrons. The largest absolute Gasteiger partial charge is 0.480 e. The molecule has 7 nitrogen and oxygen atoms in total. The Morgan fingerprint density at radius 1 is 1.36 bits per heavy atom. The van der Waals surface area contributed by atoms with Gasteiger partial charge in [0.05, 0.1) is 13.2 Å². The number of carbonyl (C=O) groups is 2. The molecule has 2 rings (SSSR count). The molecule has 7 heteroatoms. The van der Waals surface area contributed by atoms with Crippen LogP contribution in [0.2, 0.25) is 0 Å². The van der Waals surface area contributed by atoms with Gasteiger partial charge in [-0.2, -0.15) is 0 Å². The SMILES string of the molecule is N[C@@H](CCC(=O)Nc1cccc(N2CCOCC2)c1)C(=O)O. The van der Waals surface area contributed by atoms with E-state index in [1.807, 2.05) is 18.2 Å². The van der Waals surface area contributed by atoms with Crippen molar-refractivity contribution in [2.45, 2.75) is 18.9 Å². The summed E-state index contributed by atoms with van der Waals surface area (Å²) in [5.74, 6) is -1.34. The van der Waals surface area contributed by atoms with Gasteiger partial charge in [-0.3, -0.25) is 9.59 Å². The molecule has 1 aromatic carbocycles. The van der Waals surface area contributed by atoms with Crippen molar-refractivity contribution in [1.29, 1.82) is 0 Å². The molecular weight excluding hydrogens is 286 g/mol. The molecule has 1 saturated heterocycles. The molecule has 0 bridgehead atoms. The van der Waals surface area contributed by atoms with E-state index in [4.69, 9.17) is 15.6 Å². The number of nitrogens with two attached hydrogens (primary N) is 1. The number of nitrogens with zero attached hydrogens (tertiary/aromatic N) is 1. The molecule has 0 spiro atoms. The minimum Gasteiger partial charge on any atom is -0.480 e. The van der Waals surface area contributed by atoms with E-state index in [-0.39, 0.29) is 18.7 Å². The number of aliphatic carboxylic acids is 1. The number of benzene rings is 1. The predicted molar refractivity (Wildman–Crippen MR) is 82.9 cm³/mol. The highest BCUT2D eigenvalue weighted by Crippen LogP contribution is 2.20. The van der Waals surface area contributed by atoms with Gasteiger partial charge < -0.3 is 25.8 Å². The molecule has 1 aliphatic heterocycles. The summed E-state index contributed by atoms with van der Waals surface area (Å²) >= 11 is 0. The van der Waals surface area contributed by atoms with Crippen LogP contribution >= 0.6 is 0 Å². The molecule has 4 N–H and O–H groups in total. The number of carboxylic acid groups (broad SMARTS) is 1. The molecule has 0 aliphatic carbocycles. The minimum absolute atomic E-state index is 0.0786. The molecule has 1 fully saturated rings. The van der Waals surface area contributed by atoms with Crippen LogP contribution in [-0.4, -0.2) is 49.3 Å². The molecular formula is C15H21N3O4. The topological polar surface area (TPSA) is 105 Å². The Bertz CT molecular complexity index is 529. The van der Waals surface area contributed by atoms with Crippen LogP contribution in [0, 0.1) is 0 Å². The lowest BCUT2D eigenvalue weighted by Gasteiger charge is -2.29. The Hall–Kier alpha value is -2.12. The van der Waals surface area contributed by atoms with Crippen LogP contribution in [-0.2, 0) is 14.3 Å². The summed E-state index contributed by atoms with van der Waals surface area (Å²) in [5, 5.41) is 11.5. The molecule has 1 heterocycles. The second-order valence-corrected chi connectivity index (χ2v) is 5.18. The zero-order chi connectivity index (χ0) is 15.9. The van der Waals surface area contributed by atoms with E-state index in [1.165, 1.54) is 0 Å². The van der Waals surface area contributed by atoms with Gasteiger partial charge in [0.25, 0.3) is 0 Å². The van der Waals surface area contributed by atoms with Crippen molar-refractivity contribution < 1.29 is 19.4 Å². The van der Waals surface area contributed by atoms with Gasteiger partial charge in [-0.05, 0) is 24.6 Å². The third kappa shape index (κ3) is 4.71. The van der Waals surface area contributed by atoms with Crippen molar-refractivity contribution >= 4 is 23.3 Å². The van der Waals surface area contributed by atoms with E-state index >= 15 is 0 Å². The second kappa shape index (κ2) is 7.77. The van der Waals surface area contributed by atoms with E-state index < -0.39 is 12.0 Å². The molecule has 0 saturated carbocycles. The fourth-order valence-corrected chi connectivity index (χ4v) is 2.24. The van der Waals surface area contributed by atoms with E-state index in [9.17, 15) is 9.59 Å². The molecule has 0 aromatic heterocycles. The van der Waals surface area contributed by atoms with Crippen LogP contribution in [0.3, 0.4) is 0 Å². The summed E-state index contributed by atoms with van der Waals surface area (Å²) in [6, 6.07) is 6.56. The van der Waals surface area contributed by atoms with Crippen molar-refractivity contribution in [3.8, 4) is 0 Å². The van der Waals surface area contributed by atoms with Gasteiger partial charge in [0.2, 0.25) is 5.91 Å². The van der Waals surface area contributed by atoms with Gasteiger partial charge in [-0.1, -0.05) is 6.07 Å². The van der Waals surface area contributed by atoms with Crippen molar-refractivity contribution in [3.63, 3.8) is 0 Å². The Labute approximate surface area is 129 Å². The quantitative estimate of drug-likeness (QED) is 0.713. The third-order valence-electron chi connectivity index (χ3n) is 3.51. The normalized spacial score (nSPS) is 16.1. The minimum atomic E-state index is -1.10. The second-order valence-electron chi connectivity index (χ2n) is 5.18. The van der Waals surface area contributed by atoms with Crippen molar-refractivity contribution in [2.24, 2.45) is 5.73 Å². The first-order valence-electron chi connectivity index (χ1n) is 7.27. The molecule has 1 amide bonds. The summed E-state index contributed by atoms with van der Waals surface area (Å²) in [5.41, 5.74) is 7.11. The first kappa shape index (κ1) is 16.3. The lowest BCUT2D eigenvalue weighted by Crippen LogP contribution is -2.36. The van der Waals surface area contributed by atoms with Crippen molar-refractivity contribution in [2.75, 3.05) is 36.5 Å². The van der Waals surface area contributed by atoms with Crippen molar-refractivity contribution in [1.82, 2.24) is 0 Å². The number of hydrogen-bond acceptors (Lipinski definition) is 5. The van der Waals surface area contributed by atoms with Crippen LogP contribution in [0.5, 0.6) is 0 Å². The monoisotopic (exact) mass is 307 g/mol. The Balaban J connectivity index is 1.89. The molecule has 22 heavy (non-hydrogen) atoms. The Kier molecular flexibility index (Phi) is 5.74. The summed E-state index contributed by atoms with van der Waals surface area (Å²) in [6.45, 7) is 3.04. The van der Waals surface area contributed by atoms with E-state index in [0.717, 1.165) is 18.8 Å². The van der Waals surface area contributed by atoms with Crippen LogP contribution in [0.1, 0.15) is 12.8 Å². The number of morpholine rings is 1. The summed E-state index contributed by atoms with van der Waals surface area (Å²) in [6.07, 6.45) is 0.194. The van der Waals surface area contributed by atoms with Gasteiger partial charge in [0, 0.05) is 30.9 Å². The molecule has 1 atom stereocenters. The number of carboxylic acids is 1. The van der Waals surface area contributed by atoms with Crippen LogP contribution in [0.4, 0.5) is 11.4 Å². The highest BCUT2D eigenvalue weighted by atomic mass is 16.5. The van der Waals surface area contributed by atoms with Gasteiger partial charge >= 0.3 is 5.97 Å². The maximum atomic E-state index is 11.8. The predicted octanol–water partition coefficient (Wildman–Crippen LogP) is 0.654. The first-order chi connectivity index (χ1) is 10.6. The average molecular weight is 307 g/mol. The highest BCUT2D eigenvalue weighted by Gasteiger charge is 2.14. The van der Waals surface area contributed by atoms with Gasteiger partial charge in [0.15, 0.2) is 0 Å². The van der Waals surface area contributed by atoms with Crippen LogP contribution < -0.4 is 16.0 Å². The first-order valence-corrected chi connectivity index (χ1v) is 7.27. The number of carbonyl (C=O) groups excluding carboxylic acids is 1. The fraction of sp³-hybridized carbons (Fsp3) is 0.467. The van der Waals surface area contributed by atoms with Gasteiger partial charge in [-0.15, -0.1) is 0 Å². The number of anilines is 2. The number of amides is 1. The standard InChI is InChI=1S/C15H21N3O4/c16-13(15(20)21)4-5-14(19)17-11-2-1-3-12(10-11)18-6-8-22-9-7-18/h1-3,10,13H,4-9,16H2,(H,17,19)(H,20,21)/t13-/m0/s1. The fourth-order valence-electron chi connectivity index (χ4n) is 2.24. The number of hydrogen-bond donors (Lipinski definition) is 3. The average Bonchev–Trinajstić information content (AvgIpc) is 2.53.